The minimum absolute atomic E-state index is 0.0849. The zero-order valence-electron chi connectivity index (χ0n) is 16.4. The number of aliphatic carboxylic acids is 1. The van der Waals surface area contributed by atoms with Crippen molar-refractivity contribution < 1.29 is 24.2 Å². The minimum Gasteiger partial charge on any atom is -0.480 e. The van der Waals surface area contributed by atoms with Crippen molar-refractivity contribution in [3.05, 3.63) is 29.8 Å². The van der Waals surface area contributed by atoms with Crippen LogP contribution in [0.1, 0.15) is 37.2 Å². The van der Waals surface area contributed by atoms with E-state index in [9.17, 15) is 14.4 Å². The molecule has 0 saturated carbocycles. The molecule has 3 fully saturated rings. The number of ether oxygens (including phenoxy) is 1. The molecule has 0 aliphatic carbocycles. The first-order valence-corrected chi connectivity index (χ1v) is 10.2. The van der Waals surface area contributed by atoms with Gasteiger partial charge in [0.25, 0.3) is 0 Å². The van der Waals surface area contributed by atoms with E-state index >= 15 is 0 Å². The molecular weight excluding hydrogens is 374 g/mol. The number of carboxylic acid groups (broad SMARTS) is 1. The predicted molar refractivity (Wildman–Crippen MR) is 106 cm³/mol. The molecule has 29 heavy (non-hydrogen) atoms. The van der Waals surface area contributed by atoms with Gasteiger partial charge in [-0.05, 0) is 37.0 Å². The van der Waals surface area contributed by atoms with Gasteiger partial charge in [0.05, 0.1) is 24.7 Å². The Kier molecular flexibility index (Phi) is 5.56. The number of carbonyl (C=O) groups excluding carboxylic acids is 2. The molecule has 156 valence electrons. The summed E-state index contributed by atoms with van der Waals surface area (Å²) in [5.41, 5.74) is 1.80. The molecule has 0 radical (unpaired) electrons. The first-order chi connectivity index (χ1) is 13.9. The standard InChI is InChI=1S/C21H27N3O5/c25-18-6-5-17(20(28)22-18)15-1-3-16(4-2-15)24-11-12-29-21(14-24)7-9-23(10-8-21)13-19(26)27/h1-4,17H,5-14H2,(H,26,27)(H,22,25,28). The van der Waals surface area contributed by atoms with Gasteiger partial charge in [0, 0.05) is 38.3 Å². The summed E-state index contributed by atoms with van der Waals surface area (Å²) >= 11 is 0. The number of nitrogens with zero attached hydrogens (tertiary/aromatic N) is 2. The van der Waals surface area contributed by atoms with E-state index in [1.54, 1.807) is 0 Å². The van der Waals surface area contributed by atoms with E-state index < -0.39 is 5.97 Å². The lowest BCUT2D eigenvalue weighted by atomic mass is 9.88. The van der Waals surface area contributed by atoms with Crippen LogP contribution in [0.25, 0.3) is 0 Å². The van der Waals surface area contributed by atoms with Crippen LogP contribution in [0.5, 0.6) is 0 Å². The summed E-state index contributed by atoms with van der Waals surface area (Å²) in [5.74, 6) is -1.47. The molecule has 0 aromatic heterocycles. The van der Waals surface area contributed by atoms with Crippen LogP contribution < -0.4 is 10.2 Å². The van der Waals surface area contributed by atoms with Crippen LogP contribution in [0.3, 0.4) is 0 Å². The molecule has 4 rings (SSSR count). The number of nitrogens with one attached hydrogen (secondary N) is 1. The van der Waals surface area contributed by atoms with Gasteiger partial charge < -0.3 is 14.7 Å². The second-order valence-electron chi connectivity index (χ2n) is 8.22. The summed E-state index contributed by atoms with van der Waals surface area (Å²) in [6.07, 6.45) is 2.58. The van der Waals surface area contributed by atoms with E-state index in [1.807, 2.05) is 29.2 Å². The van der Waals surface area contributed by atoms with Crippen molar-refractivity contribution >= 4 is 23.5 Å². The second-order valence-corrected chi connectivity index (χ2v) is 8.22. The van der Waals surface area contributed by atoms with Crippen molar-refractivity contribution in [2.75, 3.05) is 44.2 Å². The Morgan fingerprint density at radius 2 is 1.90 bits per heavy atom. The number of morpholine rings is 1. The topological polar surface area (TPSA) is 99.2 Å². The van der Waals surface area contributed by atoms with Crippen LogP contribution in [-0.4, -0.2) is 72.7 Å². The Balaban J connectivity index is 1.39. The lowest BCUT2D eigenvalue weighted by molar-refractivity contribution is -0.141. The van der Waals surface area contributed by atoms with Gasteiger partial charge in [0.2, 0.25) is 11.8 Å². The maximum absolute atomic E-state index is 12.1. The summed E-state index contributed by atoms with van der Waals surface area (Å²) in [6, 6.07) is 8.04. The molecule has 1 spiro atoms. The molecule has 8 heteroatoms. The van der Waals surface area contributed by atoms with Crippen LogP contribution in [0.15, 0.2) is 24.3 Å². The third-order valence-corrected chi connectivity index (χ3v) is 6.27. The van der Waals surface area contributed by atoms with Gasteiger partial charge >= 0.3 is 5.97 Å². The Bertz CT molecular complexity index is 786. The number of benzene rings is 1. The van der Waals surface area contributed by atoms with Gasteiger partial charge in [0.15, 0.2) is 0 Å². The lowest BCUT2D eigenvalue weighted by Gasteiger charge is -2.47. The monoisotopic (exact) mass is 401 g/mol. The van der Waals surface area contributed by atoms with E-state index in [1.165, 1.54) is 0 Å². The number of piperidine rings is 2. The number of imide groups is 1. The number of likely N-dealkylation sites (tertiary alicyclic amines) is 1. The van der Waals surface area contributed by atoms with E-state index in [0.29, 0.717) is 19.4 Å². The van der Waals surface area contributed by atoms with Crippen LogP contribution in [0.4, 0.5) is 5.69 Å². The van der Waals surface area contributed by atoms with E-state index in [4.69, 9.17) is 9.84 Å². The fourth-order valence-corrected chi connectivity index (χ4v) is 4.61. The van der Waals surface area contributed by atoms with Crippen LogP contribution >= 0.6 is 0 Å². The number of hydrogen-bond acceptors (Lipinski definition) is 6. The third kappa shape index (κ3) is 4.43. The first-order valence-electron chi connectivity index (χ1n) is 10.2. The summed E-state index contributed by atoms with van der Waals surface area (Å²) in [7, 11) is 0. The molecule has 2 amide bonds. The maximum atomic E-state index is 12.1. The molecule has 3 saturated heterocycles. The van der Waals surface area contributed by atoms with Gasteiger partial charge in [-0.2, -0.15) is 0 Å². The Morgan fingerprint density at radius 1 is 1.17 bits per heavy atom. The van der Waals surface area contributed by atoms with Crippen LogP contribution in [0.2, 0.25) is 0 Å². The van der Waals surface area contributed by atoms with Crippen molar-refractivity contribution in [3.63, 3.8) is 0 Å². The summed E-state index contributed by atoms with van der Waals surface area (Å²) in [6.45, 7) is 3.78. The molecule has 3 aliphatic heterocycles. The highest BCUT2D eigenvalue weighted by atomic mass is 16.5. The number of rotatable bonds is 4. The van der Waals surface area contributed by atoms with Crippen LogP contribution in [0, 0.1) is 0 Å². The Morgan fingerprint density at radius 3 is 2.55 bits per heavy atom. The summed E-state index contributed by atoms with van der Waals surface area (Å²) < 4.78 is 6.15. The van der Waals surface area contributed by atoms with Gasteiger partial charge in [0.1, 0.15) is 0 Å². The number of amides is 2. The van der Waals surface area contributed by atoms with E-state index in [-0.39, 0.29) is 29.9 Å². The van der Waals surface area contributed by atoms with Gasteiger partial charge in [-0.25, -0.2) is 0 Å². The van der Waals surface area contributed by atoms with Crippen molar-refractivity contribution in [1.29, 1.82) is 0 Å². The molecule has 3 heterocycles. The van der Waals surface area contributed by atoms with Gasteiger partial charge in [-0.3, -0.25) is 24.6 Å². The molecule has 1 atom stereocenters. The average Bonchev–Trinajstić information content (AvgIpc) is 2.70. The molecule has 1 aromatic rings. The highest BCUT2D eigenvalue weighted by Gasteiger charge is 2.40. The van der Waals surface area contributed by atoms with E-state index in [2.05, 4.69) is 10.2 Å². The zero-order chi connectivity index (χ0) is 20.4. The highest BCUT2D eigenvalue weighted by Crippen LogP contribution is 2.33. The van der Waals surface area contributed by atoms with E-state index in [0.717, 1.165) is 50.3 Å². The average molecular weight is 401 g/mol. The SMILES string of the molecule is O=C(O)CN1CCC2(CC1)CN(c1ccc(C3CCC(=O)NC3=O)cc1)CCO2. The summed E-state index contributed by atoms with van der Waals surface area (Å²) in [4.78, 5) is 38.6. The largest absolute Gasteiger partial charge is 0.480 e. The summed E-state index contributed by atoms with van der Waals surface area (Å²) in [5, 5.41) is 11.4. The zero-order valence-corrected chi connectivity index (χ0v) is 16.4. The molecule has 2 N–H and O–H groups in total. The molecular formula is C21H27N3O5. The normalized spacial score (nSPS) is 25.1. The fraction of sp³-hybridized carbons (Fsp3) is 0.571. The molecule has 8 nitrogen and oxygen atoms in total. The van der Waals surface area contributed by atoms with Gasteiger partial charge in [-0.1, -0.05) is 12.1 Å². The van der Waals surface area contributed by atoms with Crippen molar-refractivity contribution in [2.24, 2.45) is 0 Å². The molecule has 0 bridgehead atoms. The van der Waals surface area contributed by atoms with Gasteiger partial charge in [-0.15, -0.1) is 0 Å². The van der Waals surface area contributed by atoms with Crippen molar-refractivity contribution in [2.45, 2.75) is 37.2 Å². The number of carbonyl (C=O) groups is 3. The Hall–Kier alpha value is -2.45. The smallest absolute Gasteiger partial charge is 0.317 e. The van der Waals surface area contributed by atoms with Crippen molar-refractivity contribution in [1.82, 2.24) is 10.2 Å². The maximum Gasteiger partial charge on any atom is 0.317 e. The highest BCUT2D eigenvalue weighted by molar-refractivity contribution is 6.00. The number of anilines is 1. The third-order valence-electron chi connectivity index (χ3n) is 6.27. The number of hydrogen-bond donors (Lipinski definition) is 2. The first kappa shape index (κ1) is 19.8. The fourth-order valence-electron chi connectivity index (χ4n) is 4.61. The molecule has 1 aromatic carbocycles. The Labute approximate surface area is 169 Å². The lowest BCUT2D eigenvalue weighted by Crippen LogP contribution is -2.57. The predicted octanol–water partition coefficient (Wildman–Crippen LogP) is 0.963. The minimum atomic E-state index is -0.789. The van der Waals surface area contributed by atoms with Crippen LogP contribution in [-0.2, 0) is 19.1 Å². The molecule has 1 unspecified atom stereocenters. The quantitative estimate of drug-likeness (QED) is 0.725. The molecule has 3 aliphatic rings. The second kappa shape index (κ2) is 8.12. The number of carboxylic acids is 1. The van der Waals surface area contributed by atoms with Crippen molar-refractivity contribution in [3.8, 4) is 0 Å².